The van der Waals surface area contributed by atoms with Crippen molar-refractivity contribution in [3.05, 3.63) is 29.8 Å². The van der Waals surface area contributed by atoms with E-state index in [1.807, 2.05) is 0 Å². The van der Waals surface area contributed by atoms with E-state index in [9.17, 15) is 4.39 Å². The molecule has 1 aromatic rings. The predicted octanol–water partition coefficient (Wildman–Crippen LogP) is 1.30. The van der Waals surface area contributed by atoms with Crippen molar-refractivity contribution in [3.8, 4) is 0 Å². The van der Waals surface area contributed by atoms with Crippen molar-refractivity contribution >= 4 is 0 Å². The third-order valence-electron chi connectivity index (χ3n) is 2.30. The van der Waals surface area contributed by atoms with E-state index in [0.717, 1.165) is 25.1 Å². The molecule has 0 unspecified atom stereocenters. The first kappa shape index (κ1) is 7.68. The van der Waals surface area contributed by atoms with E-state index in [1.165, 1.54) is 12.3 Å². The molecule has 1 N–H and O–H groups in total. The molecular formula is C9H11FN2. The molecule has 0 amide bonds. The van der Waals surface area contributed by atoms with Crippen molar-refractivity contribution in [3.63, 3.8) is 0 Å². The van der Waals surface area contributed by atoms with Gasteiger partial charge in [-0.1, -0.05) is 0 Å². The van der Waals surface area contributed by atoms with Crippen molar-refractivity contribution in [1.29, 1.82) is 0 Å². The Morgan fingerprint density at radius 3 is 3.17 bits per heavy atom. The largest absolute Gasteiger partial charge is 0.316 e. The first-order valence-corrected chi connectivity index (χ1v) is 4.18. The van der Waals surface area contributed by atoms with Gasteiger partial charge in [0.1, 0.15) is 5.82 Å². The number of aromatic nitrogens is 1. The van der Waals surface area contributed by atoms with Gasteiger partial charge in [0.25, 0.3) is 0 Å². The Hall–Kier alpha value is -0.960. The number of hydrogen-bond donors (Lipinski definition) is 1. The highest BCUT2D eigenvalue weighted by atomic mass is 19.1. The third kappa shape index (κ3) is 1.32. The summed E-state index contributed by atoms with van der Waals surface area (Å²) in [6.07, 6.45) is 4.14. The molecule has 64 valence electrons. The Morgan fingerprint density at radius 2 is 2.50 bits per heavy atom. The summed E-state index contributed by atoms with van der Waals surface area (Å²) in [7, 11) is 0. The molecular weight excluding hydrogens is 155 g/mol. The van der Waals surface area contributed by atoms with Gasteiger partial charge in [0.05, 0.1) is 0 Å². The quantitative estimate of drug-likeness (QED) is 0.680. The lowest BCUT2D eigenvalue weighted by Gasteiger charge is -2.07. The molecule has 0 bridgehead atoms. The molecule has 1 aliphatic heterocycles. The molecule has 0 aromatic carbocycles. The molecule has 12 heavy (non-hydrogen) atoms. The number of nitrogens with one attached hydrogen (secondary N) is 1. The van der Waals surface area contributed by atoms with Crippen LogP contribution >= 0.6 is 0 Å². The van der Waals surface area contributed by atoms with Crippen LogP contribution in [-0.2, 0) is 0 Å². The number of nitrogens with zero attached hydrogens (tertiary/aromatic N) is 1. The maximum atomic E-state index is 13.2. The molecule has 1 aromatic heterocycles. The minimum absolute atomic E-state index is 0.126. The fourth-order valence-electron chi connectivity index (χ4n) is 1.61. The van der Waals surface area contributed by atoms with Gasteiger partial charge < -0.3 is 5.32 Å². The number of rotatable bonds is 1. The Labute approximate surface area is 70.8 Å². The number of hydrogen-bond acceptors (Lipinski definition) is 2. The Bertz CT molecular complexity index is 269. The van der Waals surface area contributed by atoms with Gasteiger partial charge in [-0.3, -0.25) is 4.98 Å². The first-order chi connectivity index (χ1) is 5.88. The molecule has 2 nitrogen and oxygen atoms in total. The van der Waals surface area contributed by atoms with E-state index in [-0.39, 0.29) is 5.82 Å². The molecule has 1 saturated heterocycles. The summed E-state index contributed by atoms with van der Waals surface area (Å²) < 4.78 is 13.2. The zero-order valence-corrected chi connectivity index (χ0v) is 6.76. The van der Waals surface area contributed by atoms with Crippen molar-refractivity contribution in [2.24, 2.45) is 0 Å². The molecule has 1 aliphatic rings. The fraction of sp³-hybridized carbons (Fsp3) is 0.444. The second-order valence-electron chi connectivity index (χ2n) is 3.09. The van der Waals surface area contributed by atoms with E-state index in [2.05, 4.69) is 10.3 Å². The first-order valence-electron chi connectivity index (χ1n) is 4.18. The lowest BCUT2D eigenvalue weighted by molar-refractivity contribution is 0.584. The van der Waals surface area contributed by atoms with Gasteiger partial charge >= 0.3 is 0 Å². The normalized spacial score (nSPS) is 22.9. The third-order valence-corrected chi connectivity index (χ3v) is 2.30. The van der Waals surface area contributed by atoms with Crippen LogP contribution in [0.1, 0.15) is 17.9 Å². The Balaban J connectivity index is 2.26. The van der Waals surface area contributed by atoms with Crippen molar-refractivity contribution in [2.45, 2.75) is 12.3 Å². The molecule has 0 saturated carbocycles. The monoisotopic (exact) mass is 166 g/mol. The van der Waals surface area contributed by atoms with Crippen LogP contribution in [0.25, 0.3) is 0 Å². The average Bonchev–Trinajstić information content (AvgIpc) is 2.57. The molecule has 0 aliphatic carbocycles. The molecule has 2 heterocycles. The Morgan fingerprint density at radius 1 is 1.58 bits per heavy atom. The lowest BCUT2D eigenvalue weighted by Crippen LogP contribution is -2.09. The van der Waals surface area contributed by atoms with E-state index < -0.39 is 0 Å². The second-order valence-corrected chi connectivity index (χ2v) is 3.09. The van der Waals surface area contributed by atoms with Crippen LogP contribution < -0.4 is 5.32 Å². The molecule has 0 spiro atoms. The van der Waals surface area contributed by atoms with E-state index in [0.29, 0.717) is 5.92 Å². The van der Waals surface area contributed by atoms with Gasteiger partial charge in [0.2, 0.25) is 0 Å². The number of pyridine rings is 1. The summed E-state index contributed by atoms with van der Waals surface area (Å²) in [6.45, 7) is 1.86. The fourth-order valence-corrected chi connectivity index (χ4v) is 1.61. The minimum Gasteiger partial charge on any atom is -0.316 e. The van der Waals surface area contributed by atoms with E-state index in [4.69, 9.17) is 0 Å². The predicted molar refractivity (Wildman–Crippen MR) is 44.4 cm³/mol. The smallest absolute Gasteiger partial charge is 0.129 e. The van der Waals surface area contributed by atoms with Crippen LogP contribution in [-0.4, -0.2) is 18.1 Å². The maximum Gasteiger partial charge on any atom is 0.129 e. The molecule has 0 radical (unpaired) electrons. The number of halogens is 1. The van der Waals surface area contributed by atoms with Crippen molar-refractivity contribution in [2.75, 3.05) is 13.1 Å². The van der Waals surface area contributed by atoms with E-state index >= 15 is 0 Å². The highest BCUT2D eigenvalue weighted by Gasteiger charge is 2.19. The van der Waals surface area contributed by atoms with Gasteiger partial charge in [-0.05, 0) is 19.0 Å². The minimum atomic E-state index is -0.126. The topological polar surface area (TPSA) is 24.9 Å². The summed E-state index contributed by atoms with van der Waals surface area (Å²) in [4.78, 5) is 3.92. The van der Waals surface area contributed by atoms with Gasteiger partial charge in [-0.25, -0.2) is 4.39 Å². The van der Waals surface area contributed by atoms with Crippen LogP contribution in [0.3, 0.4) is 0 Å². The van der Waals surface area contributed by atoms with Gasteiger partial charge in [-0.15, -0.1) is 0 Å². The Kier molecular flexibility index (Phi) is 2.04. The zero-order valence-electron chi connectivity index (χ0n) is 6.76. The van der Waals surface area contributed by atoms with Crippen LogP contribution in [0.15, 0.2) is 18.5 Å². The summed E-state index contributed by atoms with van der Waals surface area (Å²) >= 11 is 0. The maximum absolute atomic E-state index is 13.2. The summed E-state index contributed by atoms with van der Waals surface area (Å²) in [5, 5.41) is 3.20. The van der Waals surface area contributed by atoms with Crippen LogP contribution in [0, 0.1) is 5.82 Å². The average molecular weight is 166 g/mol. The summed E-state index contributed by atoms with van der Waals surface area (Å²) in [5.41, 5.74) is 0.752. The second kappa shape index (κ2) is 3.19. The molecule has 3 heteroatoms. The molecule has 2 rings (SSSR count). The highest BCUT2D eigenvalue weighted by molar-refractivity contribution is 5.18. The van der Waals surface area contributed by atoms with Crippen LogP contribution in [0.4, 0.5) is 4.39 Å². The van der Waals surface area contributed by atoms with Crippen LogP contribution in [0.5, 0.6) is 0 Å². The van der Waals surface area contributed by atoms with Gasteiger partial charge in [0, 0.05) is 30.4 Å². The van der Waals surface area contributed by atoms with Gasteiger partial charge in [0.15, 0.2) is 0 Å². The van der Waals surface area contributed by atoms with Crippen molar-refractivity contribution < 1.29 is 4.39 Å². The van der Waals surface area contributed by atoms with Gasteiger partial charge in [-0.2, -0.15) is 0 Å². The zero-order chi connectivity index (χ0) is 8.39. The highest BCUT2D eigenvalue weighted by Crippen LogP contribution is 2.23. The molecule has 1 atom stereocenters. The SMILES string of the molecule is Fc1ccncc1[C@@H]1CCNC1. The van der Waals surface area contributed by atoms with Crippen molar-refractivity contribution in [1.82, 2.24) is 10.3 Å². The summed E-state index contributed by atoms with van der Waals surface area (Å²) in [6, 6.07) is 1.42. The molecule has 1 fully saturated rings. The lowest BCUT2D eigenvalue weighted by atomic mass is 10.0. The van der Waals surface area contributed by atoms with E-state index in [1.54, 1.807) is 6.20 Å². The van der Waals surface area contributed by atoms with Crippen LogP contribution in [0.2, 0.25) is 0 Å². The standard InChI is InChI=1S/C9H11FN2/c10-9-2-4-12-6-8(9)7-1-3-11-5-7/h2,4,6-7,11H,1,3,5H2/t7-/m1/s1. The summed E-state index contributed by atoms with van der Waals surface area (Å²) in [5.74, 6) is 0.192.